The molecule has 0 amide bonds. The Morgan fingerprint density at radius 3 is 2.89 bits per heavy atom. The first-order chi connectivity index (χ1) is 9.24. The fourth-order valence-corrected chi connectivity index (χ4v) is 3.13. The van der Waals surface area contributed by atoms with Crippen molar-refractivity contribution in [1.82, 2.24) is 0 Å². The van der Waals surface area contributed by atoms with Crippen LogP contribution in [0.3, 0.4) is 0 Å². The molecule has 2 rings (SSSR count). The van der Waals surface area contributed by atoms with E-state index in [-0.39, 0.29) is 0 Å². The Morgan fingerprint density at radius 1 is 1.37 bits per heavy atom. The number of rotatable bonds is 3. The molecule has 102 valence electrons. The highest BCUT2D eigenvalue weighted by Crippen LogP contribution is 2.28. The molecule has 3 heteroatoms. The zero-order chi connectivity index (χ0) is 13.7. The van der Waals surface area contributed by atoms with Crippen molar-refractivity contribution in [3.63, 3.8) is 0 Å². The molecule has 0 N–H and O–H groups in total. The summed E-state index contributed by atoms with van der Waals surface area (Å²) in [6, 6.07) is 7.89. The summed E-state index contributed by atoms with van der Waals surface area (Å²) in [5.74, 6) is 0.879. The molecule has 1 aromatic rings. The molecule has 1 unspecified atom stereocenters. The van der Waals surface area contributed by atoms with E-state index in [1.54, 1.807) is 0 Å². The molecule has 1 aliphatic heterocycles. The van der Waals surface area contributed by atoms with Crippen molar-refractivity contribution in [2.75, 3.05) is 18.0 Å². The van der Waals surface area contributed by atoms with Gasteiger partial charge in [-0.2, -0.15) is 5.26 Å². The summed E-state index contributed by atoms with van der Waals surface area (Å²) in [6.45, 7) is 4.47. The molecule has 0 aliphatic carbocycles. The monoisotopic (exact) mass is 276 g/mol. The standard InChI is InChI=1S/C16H21ClN2/c1-2-4-13-5-3-9-19(10-8-13)15-7-6-14(12-18)16(17)11-15/h6-7,11,13H,2-5,8-10H2,1H3. The van der Waals surface area contributed by atoms with Crippen LogP contribution >= 0.6 is 11.6 Å². The van der Waals surface area contributed by atoms with E-state index >= 15 is 0 Å². The van der Waals surface area contributed by atoms with Crippen LogP contribution in [-0.2, 0) is 0 Å². The van der Waals surface area contributed by atoms with Gasteiger partial charge in [0.25, 0.3) is 0 Å². The summed E-state index contributed by atoms with van der Waals surface area (Å²) < 4.78 is 0. The highest BCUT2D eigenvalue weighted by molar-refractivity contribution is 6.32. The van der Waals surface area contributed by atoms with E-state index in [9.17, 15) is 0 Å². The summed E-state index contributed by atoms with van der Waals surface area (Å²) in [4.78, 5) is 2.41. The zero-order valence-corrected chi connectivity index (χ0v) is 12.3. The third-order valence-corrected chi connectivity index (χ3v) is 4.30. The van der Waals surface area contributed by atoms with Gasteiger partial charge < -0.3 is 4.90 Å². The van der Waals surface area contributed by atoms with E-state index in [1.165, 1.54) is 32.1 Å². The molecule has 0 aromatic heterocycles. The van der Waals surface area contributed by atoms with Gasteiger partial charge in [-0.1, -0.05) is 31.4 Å². The molecule has 0 radical (unpaired) electrons. The molecule has 1 heterocycles. The average molecular weight is 277 g/mol. The van der Waals surface area contributed by atoms with Crippen molar-refractivity contribution in [1.29, 1.82) is 5.26 Å². The number of benzene rings is 1. The van der Waals surface area contributed by atoms with Crippen LogP contribution in [0, 0.1) is 17.2 Å². The minimum absolute atomic E-state index is 0.559. The van der Waals surface area contributed by atoms with Gasteiger partial charge in [0.05, 0.1) is 10.6 Å². The molecule has 1 aliphatic rings. The fraction of sp³-hybridized carbons (Fsp3) is 0.562. The summed E-state index contributed by atoms with van der Waals surface area (Å²) in [5, 5.41) is 9.47. The van der Waals surface area contributed by atoms with E-state index < -0.39 is 0 Å². The first kappa shape index (κ1) is 14.2. The van der Waals surface area contributed by atoms with Gasteiger partial charge in [0, 0.05) is 18.8 Å². The van der Waals surface area contributed by atoms with Crippen molar-refractivity contribution in [3.8, 4) is 6.07 Å². The number of hydrogen-bond donors (Lipinski definition) is 0. The Hall–Kier alpha value is -1.20. The first-order valence-corrected chi connectivity index (χ1v) is 7.57. The van der Waals surface area contributed by atoms with Gasteiger partial charge in [0.1, 0.15) is 6.07 Å². The molecule has 1 atom stereocenters. The molecule has 2 nitrogen and oxygen atoms in total. The number of nitrogens with zero attached hydrogens (tertiary/aromatic N) is 2. The maximum atomic E-state index is 8.91. The molecule has 19 heavy (non-hydrogen) atoms. The van der Waals surface area contributed by atoms with Crippen LogP contribution in [0.25, 0.3) is 0 Å². The second-order valence-electron chi connectivity index (χ2n) is 5.35. The van der Waals surface area contributed by atoms with Crippen LogP contribution in [0.2, 0.25) is 5.02 Å². The van der Waals surface area contributed by atoms with Gasteiger partial charge in [-0.25, -0.2) is 0 Å². The van der Waals surface area contributed by atoms with Crippen molar-refractivity contribution in [2.24, 2.45) is 5.92 Å². The van der Waals surface area contributed by atoms with Gasteiger partial charge in [-0.15, -0.1) is 0 Å². The van der Waals surface area contributed by atoms with Crippen molar-refractivity contribution >= 4 is 17.3 Å². The maximum absolute atomic E-state index is 8.91. The molecule has 0 spiro atoms. The minimum atomic E-state index is 0.559. The number of anilines is 1. The van der Waals surface area contributed by atoms with Crippen LogP contribution in [0.5, 0.6) is 0 Å². The van der Waals surface area contributed by atoms with E-state index in [0.717, 1.165) is 24.7 Å². The lowest BCUT2D eigenvalue weighted by Gasteiger charge is -2.23. The molecule has 1 saturated heterocycles. The van der Waals surface area contributed by atoms with Crippen molar-refractivity contribution < 1.29 is 0 Å². The van der Waals surface area contributed by atoms with Crippen molar-refractivity contribution in [3.05, 3.63) is 28.8 Å². The number of hydrogen-bond acceptors (Lipinski definition) is 2. The second kappa shape index (κ2) is 6.82. The van der Waals surface area contributed by atoms with Crippen LogP contribution in [0.1, 0.15) is 44.6 Å². The Bertz CT molecular complexity index is 464. The Morgan fingerprint density at radius 2 is 2.21 bits per heavy atom. The molecule has 1 fully saturated rings. The molecular weight excluding hydrogens is 256 g/mol. The normalized spacial score (nSPS) is 19.8. The Balaban J connectivity index is 2.06. The maximum Gasteiger partial charge on any atom is 0.101 e. The zero-order valence-electron chi connectivity index (χ0n) is 11.5. The van der Waals surface area contributed by atoms with Gasteiger partial charge >= 0.3 is 0 Å². The Labute approximate surface area is 121 Å². The predicted molar refractivity (Wildman–Crippen MR) is 80.6 cm³/mol. The van der Waals surface area contributed by atoms with Gasteiger partial charge in [0.2, 0.25) is 0 Å². The largest absolute Gasteiger partial charge is 0.371 e. The quantitative estimate of drug-likeness (QED) is 0.805. The summed E-state index contributed by atoms with van der Waals surface area (Å²) in [6.07, 6.45) is 6.50. The van der Waals surface area contributed by atoms with Gasteiger partial charge in [0.15, 0.2) is 0 Å². The lowest BCUT2D eigenvalue weighted by Crippen LogP contribution is -2.24. The third kappa shape index (κ3) is 3.64. The number of nitriles is 1. The molecular formula is C16H21ClN2. The van der Waals surface area contributed by atoms with Crippen LogP contribution < -0.4 is 4.90 Å². The lowest BCUT2D eigenvalue weighted by atomic mass is 9.96. The van der Waals surface area contributed by atoms with Gasteiger partial charge in [-0.05, 0) is 43.4 Å². The SMILES string of the molecule is CCCC1CCCN(c2ccc(C#N)c(Cl)c2)CC1. The van der Waals surface area contributed by atoms with Crippen molar-refractivity contribution in [2.45, 2.75) is 39.0 Å². The van der Waals surface area contributed by atoms with Crippen LogP contribution in [-0.4, -0.2) is 13.1 Å². The summed E-state index contributed by atoms with van der Waals surface area (Å²) >= 11 is 6.12. The van der Waals surface area contributed by atoms with Crippen LogP contribution in [0.4, 0.5) is 5.69 Å². The number of halogens is 1. The van der Waals surface area contributed by atoms with E-state index in [1.807, 2.05) is 18.2 Å². The van der Waals surface area contributed by atoms with E-state index in [4.69, 9.17) is 16.9 Å². The summed E-state index contributed by atoms with van der Waals surface area (Å²) in [5.41, 5.74) is 1.71. The van der Waals surface area contributed by atoms with Crippen LogP contribution in [0.15, 0.2) is 18.2 Å². The van der Waals surface area contributed by atoms with Gasteiger partial charge in [-0.3, -0.25) is 0 Å². The first-order valence-electron chi connectivity index (χ1n) is 7.19. The lowest BCUT2D eigenvalue weighted by molar-refractivity contribution is 0.435. The highest BCUT2D eigenvalue weighted by Gasteiger charge is 2.17. The minimum Gasteiger partial charge on any atom is -0.371 e. The predicted octanol–water partition coefficient (Wildman–Crippen LogP) is 4.62. The second-order valence-corrected chi connectivity index (χ2v) is 5.76. The fourth-order valence-electron chi connectivity index (χ4n) is 2.91. The van der Waals surface area contributed by atoms with E-state index in [0.29, 0.717) is 10.6 Å². The third-order valence-electron chi connectivity index (χ3n) is 3.98. The topological polar surface area (TPSA) is 27.0 Å². The summed E-state index contributed by atoms with van der Waals surface area (Å²) in [7, 11) is 0. The molecule has 0 saturated carbocycles. The highest BCUT2D eigenvalue weighted by atomic mass is 35.5. The smallest absolute Gasteiger partial charge is 0.101 e. The molecule has 0 bridgehead atoms. The average Bonchev–Trinajstić information content (AvgIpc) is 2.65. The van der Waals surface area contributed by atoms with E-state index in [2.05, 4.69) is 17.9 Å². The molecule has 1 aromatic carbocycles. The Kier molecular flexibility index (Phi) is 5.10.